The zero-order chi connectivity index (χ0) is 13.8. The lowest BCUT2D eigenvalue weighted by atomic mass is 10.1. The van der Waals surface area contributed by atoms with E-state index < -0.39 is 0 Å². The first kappa shape index (κ1) is 12.9. The van der Waals surface area contributed by atoms with Gasteiger partial charge in [-0.25, -0.2) is 4.98 Å². The van der Waals surface area contributed by atoms with Gasteiger partial charge < -0.3 is 10.3 Å². The van der Waals surface area contributed by atoms with E-state index in [-0.39, 0.29) is 0 Å². The maximum Gasteiger partial charge on any atom is 0.121 e. The quantitative estimate of drug-likeness (QED) is 0.695. The zero-order valence-electron chi connectivity index (χ0n) is 11.7. The van der Waals surface area contributed by atoms with Gasteiger partial charge in [0.2, 0.25) is 0 Å². The van der Waals surface area contributed by atoms with Crippen molar-refractivity contribution in [2.75, 3.05) is 6.54 Å². The largest absolute Gasteiger partial charge is 0.341 e. The van der Waals surface area contributed by atoms with Gasteiger partial charge in [0, 0.05) is 0 Å². The number of rotatable bonds is 5. The van der Waals surface area contributed by atoms with Gasteiger partial charge in [0.05, 0.1) is 17.6 Å². The molecule has 0 aliphatic heterocycles. The minimum atomic E-state index is 0.778. The normalized spacial score (nSPS) is 11.1. The summed E-state index contributed by atoms with van der Waals surface area (Å²) in [6, 6.07) is 16.8. The monoisotopic (exact) mass is 265 g/mol. The average Bonchev–Trinajstić information content (AvgIpc) is 2.86. The molecule has 0 radical (unpaired) electrons. The fourth-order valence-corrected chi connectivity index (χ4v) is 2.34. The molecule has 2 N–H and O–H groups in total. The number of nitrogens with zero attached hydrogens (tertiary/aromatic N) is 1. The smallest absolute Gasteiger partial charge is 0.121 e. The summed E-state index contributed by atoms with van der Waals surface area (Å²) < 4.78 is 0. The van der Waals surface area contributed by atoms with Gasteiger partial charge in [-0.3, -0.25) is 0 Å². The van der Waals surface area contributed by atoms with Crippen molar-refractivity contribution in [1.29, 1.82) is 0 Å². The summed E-state index contributed by atoms with van der Waals surface area (Å²) >= 11 is 0. The SMILES string of the molecule is Cc1ccc2nc(CNCCc3ccccc3)[nH]c2c1. The molecule has 0 atom stereocenters. The Morgan fingerprint density at radius 1 is 1.10 bits per heavy atom. The minimum absolute atomic E-state index is 0.778. The van der Waals surface area contributed by atoms with Gasteiger partial charge in [-0.2, -0.15) is 0 Å². The van der Waals surface area contributed by atoms with Crippen LogP contribution in [0.4, 0.5) is 0 Å². The van der Waals surface area contributed by atoms with Crippen LogP contribution in [0.5, 0.6) is 0 Å². The molecule has 20 heavy (non-hydrogen) atoms. The molecule has 0 amide bonds. The molecule has 0 unspecified atom stereocenters. The van der Waals surface area contributed by atoms with Gasteiger partial charge in [0.1, 0.15) is 5.82 Å². The van der Waals surface area contributed by atoms with Crippen LogP contribution in [-0.4, -0.2) is 16.5 Å². The maximum atomic E-state index is 4.58. The number of hydrogen-bond acceptors (Lipinski definition) is 2. The lowest BCUT2D eigenvalue weighted by Crippen LogP contribution is -2.17. The van der Waals surface area contributed by atoms with Crippen LogP contribution >= 0.6 is 0 Å². The third-order valence-corrected chi connectivity index (χ3v) is 3.41. The topological polar surface area (TPSA) is 40.7 Å². The minimum Gasteiger partial charge on any atom is -0.341 e. The maximum absolute atomic E-state index is 4.58. The Labute approximate surface area is 119 Å². The molecule has 1 heterocycles. The van der Waals surface area contributed by atoms with Crippen molar-refractivity contribution in [1.82, 2.24) is 15.3 Å². The first-order chi connectivity index (χ1) is 9.81. The number of aromatic nitrogens is 2. The number of H-pyrrole nitrogens is 1. The zero-order valence-corrected chi connectivity index (χ0v) is 11.7. The number of benzene rings is 2. The molecule has 3 aromatic rings. The summed E-state index contributed by atoms with van der Waals surface area (Å²) in [5.74, 6) is 0.999. The molecular formula is C17H19N3. The summed E-state index contributed by atoms with van der Waals surface area (Å²) in [6.45, 7) is 3.83. The van der Waals surface area contributed by atoms with Gasteiger partial charge in [0.25, 0.3) is 0 Å². The van der Waals surface area contributed by atoms with Crippen molar-refractivity contribution in [3.05, 3.63) is 65.5 Å². The van der Waals surface area contributed by atoms with Crippen molar-refractivity contribution in [3.63, 3.8) is 0 Å². The third-order valence-electron chi connectivity index (χ3n) is 3.41. The van der Waals surface area contributed by atoms with E-state index in [1.165, 1.54) is 11.1 Å². The van der Waals surface area contributed by atoms with Crippen LogP contribution in [0.1, 0.15) is 17.0 Å². The molecule has 0 saturated heterocycles. The van der Waals surface area contributed by atoms with Crippen LogP contribution in [0, 0.1) is 6.92 Å². The lowest BCUT2D eigenvalue weighted by molar-refractivity contribution is 0.666. The Morgan fingerprint density at radius 3 is 2.80 bits per heavy atom. The van der Waals surface area contributed by atoms with Crippen LogP contribution in [-0.2, 0) is 13.0 Å². The van der Waals surface area contributed by atoms with E-state index >= 15 is 0 Å². The summed E-state index contributed by atoms with van der Waals surface area (Å²) in [5, 5.41) is 3.43. The molecule has 0 spiro atoms. The highest BCUT2D eigenvalue weighted by molar-refractivity contribution is 5.75. The van der Waals surface area contributed by atoms with Gasteiger partial charge in [-0.1, -0.05) is 36.4 Å². The average molecular weight is 265 g/mol. The second kappa shape index (κ2) is 5.88. The van der Waals surface area contributed by atoms with E-state index in [4.69, 9.17) is 0 Å². The number of fused-ring (bicyclic) bond motifs is 1. The second-order valence-corrected chi connectivity index (χ2v) is 5.12. The Kier molecular flexibility index (Phi) is 3.79. The molecule has 0 aliphatic carbocycles. The fourth-order valence-electron chi connectivity index (χ4n) is 2.34. The standard InChI is InChI=1S/C17H19N3/c1-13-7-8-15-16(11-13)20-17(19-15)12-18-10-9-14-5-3-2-4-6-14/h2-8,11,18H,9-10,12H2,1H3,(H,19,20). The van der Waals surface area contributed by atoms with Gasteiger partial charge in [-0.05, 0) is 43.1 Å². The van der Waals surface area contributed by atoms with Crippen molar-refractivity contribution in [2.24, 2.45) is 0 Å². The van der Waals surface area contributed by atoms with Crippen LogP contribution in [0.15, 0.2) is 48.5 Å². The van der Waals surface area contributed by atoms with E-state index in [1.54, 1.807) is 0 Å². The molecule has 0 saturated carbocycles. The Hall–Kier alpha value is -2.13. The Balaban J connectivity index is 1.55. The van der Waals surface area contributed by atoms with Gasteiger partial charge in [0.15, 0.2) is 0 Å². The molecule has 102 valence electrons. The van der Waals surface area contributed by atoms with E-state index in [2.05, 4.69) is 64.7 Å². The van der Waals surface area contributed by atoms with Crippen molar-refractivity contribution < 1.29 is 0 Å². The van der Waals surface area contributed by atoms with Crippen LogP contribution in [0.25, 0.3) is 11.0 Å². The number of aromatic amines is 1. The number of nitrogens with one attached hydrogen (secondary N) is 2. The number of imidazole rings is 1. The molecule has 3 nitrogen and oxygen atoms in total. The van der Waals surface area contributed by atoms with Crippen LogP contribution in [0.2, 0.25) is 0 Å². The summed E-state index contributed by atoms with van der Waals surface area (Å²) in [4.78, 5) is 7.94. The van der Waals surface area contributed by atoms with E-state index in [1.807, 2.05) is 6.07 Å². The van der Waals surface area contributed by atoms with Gasteiger partial charge in [-0.15, -0.1) is 0 Å². The van der Waals surface area contributed by atoms with Crippen molar-refractivity contribution in [3.8, 4) is 0 Å². The molecule has 0 bridgehead atoms. The van der Waals surface area contributed by atoms with Crippen LogP contribution < -0.4 is 5.32 Å². The van der Waals surface area contributed by atoms with E-state index in [9.17, 15) is 0 Å². The second-order valence-electron chi connectivity index (χ2n) is 5.12. The van der Waals surface area contributed by atoms with Gasteiger partial charge >= 0.3 is 0 Å². The predicted molar refractivity (Wildman–Crippen MR) is 82.7 cm³/mol. The highest BCUT2D eigenvalue weighted by Gasteiger charge is 2.02. The third kappa shape index (κ3) is 3.06. The summed E-state index contributed by atoms with van der Waals surface area (Å²) in [7, 11) is 0. The lowest BCUT2D eigenvalue weighted by Gasteiger charge is -2.02. The van der Waals surface area contributed by atoms with Crippen molar-refractivity contribution >= 4 is 11.0 Å². The number of aryl methyl sites for hydroxylation is 1. The first-order valence-corrected chi connectivity index (χ1v) is 7.01. The highest BCUT2D eigenvalue weighted by Crippen LogP contribution is 2.13. The highest BCUT2D eigenvalue weighted by atomic mass is 15.0. The summed E-state index contributed by atoms with van der Waals surface area (Å²) in [5.41, 5.74) is 4.77. The predicted octanol–water partition coefficient (Wildman–Crippen LogP) is 3.20. The number of hydrogen-bond donors (Lipinski definition) is 2. The molecule has 3 heteroatoms. The molecule has 0 fully saturated rings. The van der Waals surface area contributed by atoms with Crippen LogP contribution in [0.3, 0.4) is 0 Å². The Bertz CT molecular complexity index is 686. The molecule has 1 aromatic heterocycles. The Morgan fingerprint density at radius 2 is 1.95 bits per heavy atom. The first-order valence-electron chi connectivity index (χ1n) is 7.01. The van der Waals surface area contributed by atoms with E-state index in [0.29, 0.717) is 0 Å². The molecule has 2 aromatic carbocycles. The molecule has 3 rings (SSSR count). The molecular weight excluding hydrogens is 246 g/mol. The summed E-state index contributed by atoms with van der Waals surface area (Å²) in [6.07, 6.45) is 1.04. The fraction of sp³-hybridized carbons (Fsp3) is 0.235. The van der Waals surface area contributed by atoms with E-state index in [0.717, 1.165) is 36.4 Å². The molecule has 0 aliphatic rings. The van der Waals surface area contributed by atoms with Crippen molar-refractivity contribution in [2.45, 2.75) is 19.9 Å².